The molecule has 0 rings (SSSR count). The minimum absolute atomic E-state index is 0.0851. The molecule has 0 aromatic carbocycles. The van der Waals surface area contributed by atoms with Gasteiger partial charge in [0.2, 0.25) is 0 Å². The molecule has 0 saturated heterocycles. The quantitative estimate of drug-likeness (QED) is 0.592. The molecule has 0 unspecified atom stereocenters. The average molecular weight is 115 g/mol. The molecule has 8 heavy (non-hydrogen) atoms. The highest BCUT2D eigenvalue weighted by Gasteiger charge is 2.13. The number of hydrogen-bond acceptors (Lipinski definition) is 1. The zero-order valence-corrected chi connectivity index (χ0v) is 5.78. The van der Waals surface area contributed by atoms with Crippen molar-refractivity contribution in [3.63, 3.8) is 0 Å². The van der Waals surface area contributed by atoms with Gasteiger partial charge < -0.3 is 5.11 Å². The first kappa shape index (κ1) is 7.96. The van der Waals surface area contributed by atoms with Gasteiger partial charge in [-0.25, -0.2) is 0 Å². The Balaban J connectivity index is 3.37. The van der Waals surface area contributed by atoms with Gasteiger partial charge in [-0.1, -0.05) is 27.2 Å². The summed E-state index contributed by atoms with van der Waals surface area (Å²) in [5, 5.41) is 8.70. The minimum Gasteiger partial charge on any atom is -0.396 e. The highest BCUT2D eigenvalue weighted by Crippen LogP contribution is 2.19. The maximum Gasteiger partial charge on any atom is 0.0482 e. The van der Waals surface area contributed by atoms with Crippen LogP contribution < -0.4 is 0 Å². The highest BCUT2D eigenvalue weighted by atomic mass is 16.3. The van der Waals surface area contributed by atoms with E-state index in [0.717, 1.165) is 12.8 Å². The molecule has 1 heteroatoms. The maximum atomic E-state index is 8.70. The molecule has 0 aliphatic heterocycles. The molecule has 0 aliphatic carbocycles. The highest BCUT2D eigenvalue weighted by molar-refractivity contribution is 4.66. The van der Waals surface area contributed by atoms with Crippen molar-refractivity contribution in [2.75, 3.05) is 6.61 Å². The third kappa shape index (κ3) is 3.03. The number of aliphatic hydroxyl groups is 1. The number of rotatable bonds is 3. The molecule has 0 fully saturated rings. The SMILES string of the molecule is [CH2]CCC(C)(C)CO. The van der Waals surface area contributed by atoms with Crippen LogP contribution in [0.1, 0.15) is 26.7 Å². The lowest BCUT2D eigenvalue weighted by Gasteiger charge is -2.19. The summed E-state index contributed by atoms with van der Waals surface area (Å²) >= 11 is 0. The molecule has 0 aliphatic rings. The number of hydrogen-bond donors (Lipinski definition) is 1. The molecule has 1 N–H and O–H groups in total. The first-order valence-electron chi connectivity index (χ1n) is 3.02. The van der Waals surface area contributed by atoms with Crippen LogP contribution in [0.15, 0.2) is 0 Å². The lowest BCUT2D eigenvalue weighted by Crippen LogP contribution is -2.15. The molecule has 0 bridgehead atoms. The molecule has 0 atom stereocenters. The van der Waals surface area contributed by atoms with Gasteiger partial charge in [-0.3, -0.25) is 0 Å². The number of aliphatic hydroxyl groups excluding tert-OH is 1. The first-order chi connectivity index (χ1) is 3.62. The molecule has 1 nitrogen and oxygen atoms in total. The molecule has 0 saturated carbocycles. The van der Waals surface area contributed by atoms with E-state index in [1.165, 1.54) is 0 Å². The van der Waals surface area contributed by atoms with Crippen LogP contribution in [0, 0.1) is 12.3 Å². The molecule has 0 spiro atoms. The van der Waals surface area contributed by atoms with E-state index in [4.69, 9.17) is 5.11 Å². The zero-order chi connectivity index (χ0) is 6.62. The van der Waals surface area contributed by atoms with Crippen molar-refractivity contribution in [3.8, 4) is 0 Å². The summed E-state index contributed by atoms with van der Waals surface area (Å²) < 4.78 is 0. The topological polar surface area (TPSA) is 20.2 Å². The monoisotopic (exact) mass is 115 g/mol. The van der Waals surface area contributed by atoms with E-state index in [0.29, 0.717) is 0 Å². The van der Waals surface area contributed by atoms with E-state index < -0.39 is 0 Å². The predicted octanol–water partition coefficient (Wildman–Crippen LogP) is 1.62. The molecule has 49 valence electrons. The Morgan fingerprint density at radius 3 is 2.12 bits per heavy atom. The van der Waals surface area contributed by atoms with E-state index in [-0.39, 0.29) is 12.0 Å². The summed E-state index contributed by atoms with van der Waals surface area (Å²) in [4.78, 5) is 0. The summed E-state index contributed by atoms with van der Waals surface area (Å²) in [5.41, 5.74) is 0.0851. The van der Waals surface area contributed by atoms with Crippen LogP contribution in [0.5, 0.6) is 0 Å². The predicted molar refractivity (Wildman–Crippen MR) is 35.5 cm³/mol. The third-order valence-electron chi connectivity index (χ3n) is 1.28. The lowest BCUT2D eigenvalue weighted by atomic mass is 9.89. The lowest BCUT2D eigenvalue weighted by molar-refractivity contribution is 0.151. The summed E-state index contributed by atoms with van der Waals surface area (Å²) in [6.45, 7) is 8.05. The summed E-state index contributed by atoms with van der Waals surface area (Å²) in [7, 11) is 0. The van der Waals surface area contributed by atoms with Gasteiger partial charge in [-0.15, -0.1) is 0 Å². The fourth-order valence-electron chi connectivity index (χ4n) is 0.558. The third-order valence-corrected chi connectivity index (χ3v) is 1.28. The van der Waals surface area contributed by atoms with Crippen molar-refractivity contribution < 1.29 is 5.11 Å². The Morgan fingerprint density at radius 2 is 2.00 bits per heavy atom. The van der Waals surface area contributed by atoms with Crippen LogP contribution in [0.3, 0.4) is 0 Å². The van der Waals surface area contributed by atoms with Crippen molar-refractivity contribution in [2.24, 2.45) is 5.41 Å². The molecular weight excluding hydrogens is 100 g/mol. The Bertz CT molecular complexity index is 57.4. The van der Waals surface area contributed by atoms with Gasteiger partial charge in [-0.2, -0.15) is 0 Å². The second-order valence-corrected chi connectivity index (χ2v) is 2.93. The van der Waals surface area contributed by atoms with Crippen LogP contribution in [-0.2, 0) is 0 Å². The maximum absolute atomic E-state index is 8.70. The fourth-order valence-corrected chi connectivity index (χ4v) is 0.558. The van der Waals surface area contributed by atoms with E-state index in [9.17, 15) is 0 Å². The van der Waals surface area contributed by atoms with E-state index >= 15 is 0 Å². The summed E-state index contributed by atoms with van der Waals surface area (Å²) in [6, 6.07) is 0. The van der Waals surface area contributed by atoms with Crippen LogP contribution in [0.4, 0.5) is 0 Å². The van der Waals surface area contributed by atoms with Gasteiger partial charge >= 0.3 is 0 Å². The molecule has 0 aromatic heterocycles. The van der Waals surface area contributed by atoms with Gasteiger partial charge in [0.1, 0.15) is 0 Å². The van der Waals surface area contributed by atoms with Crippen LogP contribution in [-0.4, -0.2) is 11.7 Å². The molecule has 1 radical (unpaired) electrons. The van der Waals surface area contributed by atoms with Gasteiger partial charge in [0.15, 0.2) is 0 Å². The Morgan fingerprint density at radius 1 is 1.50 bits per heavy atom. The van der Waals surface area contributed by atoms with Crippen molar-refractivity contribution in [1.29, 1.82) is 0 Å². The van der Waals surface area contributed by atoms with Gasteiger partial charge in [0, 0.05) is 6.61 Å². The van der Waals surface area contributed by atoms with Crippen LogP contribution in [0.25, 0.3) is 0 Å². The van der Waals surface area contributed by atoms with Crippen molar-refractivity contribution in [2.45, 2.75) is 26.7 Å². The molecule has 0 heterocycles. The van der Waals surface area contributed by atoms with E-state index in [2.05, 4.69) is 6.92 Å². The van der Waals surface area contributed by atoms with Crippen LogP contribution in [0.2, 0.25) is 0 Å². The summed E-state index contributed by atoms with van der Waals surface area (Å²) in [6.07, 6.45) is 1.91. The Kier molecular flexibility index (Phi) is 3.06. The second kappa shape index (κ2) is 3.08. The fraction of sp³-hybridized carbons (Fsp3) is 0.857. The molecule has 0 aromatic rings. The standard InChI is InChI=1S/C7H15O/c1-4-5-7(2,3)6-8/h8H,1,4-6H2,2-3H3. The molecular formula is C7H15O. The Hall–Kier alpha value is -0.0400. The van der Waals surface area contributed by atoms with Gasteiger partial charge in [0.05, 0.1) is 0 Å². The average Bonchev–Trinajstić information content (AvgIpc) is 1.67. The van der Waals surface area contributed by atoms with Crippen LogP contribution >= 0.6 is 0 Å². The largest absolute Gasteiger partial charge is 0.396 e. The van der Waals surface area contributed by atoms with Gasteiger partial charge in [0.25, 0.3) is 0 Å². The van der Waals surface area contributed by atoms with E-state index in [1.54, 1.807) is 0 Å². The van der Waals surface area contributed by atoms with Crippen molar-refractivity contribution in [3.05, 3.63) is 6.92 Å². The zero-order valence-electron chi connectivity index (χ0n) is 5.78. The molecule has 0 amide bonds. The summed E-state index contributed by atoms with van der Waals surface area (Å²) in [5.74, 6) is 0. The Labute approximate surface area is 51.7 Å². The van der Waals surface area contributed by atoms with Gasteiger partial charge in [-0.05, 0) is 11.8 Å². The van der Waals surface area contributed by atoms with E-state index in [1.807, 2.05) is 13.8 Å². The van der Waals surface area contributed by atoms with Crippen molar-refractivity contribution >= 4 is 0 Å². The van der Waals surface area contributed by atoms with Crippen molar-refractivity contribution in [1.82, 2.24) is 0 Å². The smallest absolute Gasteiger partial charge is 0.0482 e. The minimum atomic E-state index is 0.0851. The normalized spacial score (nSPS) is 12.0. The second-order valence-electron chi connectivity index (χ2n) is 2.93. The first-order valence-corrected chi connectivity index (χ1v) is 3.02.